The molecule has 0 bridgehead atoms. The summed E-state index contributed by atoms with van der Waals surface area (Å²) in [5, 5.41) is 1.72. The highest BCUT2D eigenvalue weighted by Gasteiger charge is 2.39. The number of halogens is 1. The highest BCUT2D eigenvalue weighted by Crippen LogP contribution is 2.38. The highest BCUT2D eigenvalue weighted by molar-refractivity contribution is 6.74. The van der Waals surface area contributed by atoms with Crippen molar-refractivity contribution >= 4 is 36.9 Å². The Bertz CT molecular complexity index is 1140. The molecule has 0 saturated heterocycles. The molecular formula is C26H34ClNO3Si. The first-order valence-corrected chi connectivity index (χ1v) is 14.3. The molecule has 0 aliphatic heterocycles. The van der Waals surface area contributed by atoms with Crippen LogP contribution in [0.4, 0.5) is 4.79 Å². The predicted octanol–water partition coefficient (Wildman–Crippen LogP) is 8.05. The van der Waals surface area contributed by atoms with Gasteiger partial charge in [-0.15, -0.1) is 0 Å². The van der Waals surface area contributed by atoms with Gasteiger partial charge in [0.25, 0.3) is 0 Å². The summed E-state index contributed by atoms with van der Waals surface area (Å²) in [5.74, 6) is 0.833. The number of benzene rings is 2. The van der Waals surface area contributed by atoms with Crippen molar-refractivity contribution in [2.45, 2.75) is 71.7 Å². The standard InChI is InChI=1S/C26H34ClNO3Si/c1-25(2,3)30-24(29)28-21(15-18-10-9-11-20(27)14-18)16-19-17-22(12-13-23(19)28)31-32(7,8)26(4,5)6/h9-14,16-17H,15H2,1-8H3. The van der Waals surface area contributed by atoms with Crippen LogP contribution in [-0.4, -0.2) is 24.6 Å². The number of hydrogen-bond donors (Lipinski definition) is 0. The largest absolute Gasteiger partial charge is 0.543 e. The molecule has 0 aliphatic carbocycles. The smallest absolute Gasteiger partial charge is 0.419 e. The third kappa shape index (κ3) is 5.57. The van der Waals surface area contributed by atoms with Gasteiger partial charge < -0.3 is 9.16 Å². The fourth-order valence-electron chi connectivity index (χ4n) is 3.27. The maximum Gasteiger partial charge on any atom is 0.419 e. The first-order valence-electron chi connectivity index (χ1n) is 11.0. The summed E-state index contributed by atoms with van der Waals surface area (Å²) in [6, 6.07) is 15.7. The summed E-state index contributed by atoms with van der Waals surface area (Å²) in [7, 11) is -1.97. The summed E-state index contributed by atoms with van der Waals surface area (Å²) in [5.41, 5.74) is 2.09. The van der Waals surface area contributed by atoms with Gasteiger partial charge in [-0.05, 0) is 80.9 Å². The normalized spacial score (nSPS) is 12.8. The Hall–Kier alpha value is -2.24. The van der Waals surface area contributed by atoms with Gasteiger partial charge in [-0.1, -0.05) is 44.5 Å². The Morgan fingerprint density at radius 1 is 1.00 bits per heavy atom. The van der Waals surface area contributed by atoms with E-state index in [0.717, 1.165) is 27.9 Å². The molecule has 0 fully saturated rings. The minimum Gasteiger partial charge on any atom is -0.543 e. The number of rotatable bonds is 4. The van der Waals surface area contributed by atoms with Gasteiger partial charge >= 0.3 is 6.09 Å². The molecule has 0 radical (unpaired) electrons. The second-order valence-corrected chi connectivity index (χ2v) is 16.0. The van der Waals surface area contributed by atoms with Crippen molar-refractivity contribution in [1.82, 2.24) is 4.57 Å². The van der Waals surface area contributed by atoms with E-state index in [1.807, 2.05) is 69.3 Å². The Morgan fingerprint density at radius 3 is 2.28 bits per heavy atom. The van der Waals surface area contributed by atoms with E-state index in [0.29, 0.717) is 11.4 Å². The average Bonchev–Trinajstić information content (AvgIpc) is 2.96. The summed E-state index contributed by atoms with van der Waals surface area (Å²) < 4.78 is 13.9. The predicted molar refractivity (Wildman–Crippen MR) is 136 cm³/mol. The Morgan fingerprint density at radius 2 is 1.69 bits per heavy atom. The molecule has 6 heteroatoms. The van der Waals surface area contributed by atoms with Gasteiger partial charge in [0.05, 0.1) is 5.52 Å². The van der Waals surface area contributed by atoms with Crippen molar-refractivity contribution in [1.29, 1.82) is 0 Å². The lowest BCUT2D eigenvalue weighted by Gasteiger charge is -2.36. The van der Waals surface area contributed by atoms with Crippen LogP contribution in [0.3, 0.4) is 0 Å². The first kappa shape index (κ1) is 24.4. The molecule has 0 amide bonds. The Labute approximate surface area is 197 Å². The van der Waals surface area contributed by atoms with Crippen molar-refractivity contribution in [3.8, 4) is 5.75 Å². The van der Waals surface area contributed by atoms with E-state index in [1.165, 1.54) is 0 Å². The lowest BCUT2D eigenvalue weighted by molar-refractivity contribution is 0.0541. The van der Waals surface area contributed by atoms with Crippen LogP contribution >= 0.6 is 11.6 Å². The number of hydrogen-bond acceptors (Lipinski definition) is 3. The lowest BCUT2D eigenvalue weighted by Crippen LogP contribution is -2.43. The van der Waals surface area contributed by atoms with E-state index >= 15 is 0 Å². The van der Waals surface area contributed by atoms with Crippen LogP contribution in [0, 0.1) is 0 Å². The molecule has 3 rings (SSSR count). The molecule has 32 heavy (non-hydrogen) atoms. The van der Waals surface area contributed by atoms with Gasteiger partial charge in [0.15, 0.2) is 0 Å². The summed E-state index contributed by atoms with van der Waals surface area (Å²) in [6.07, 6.45) is 0.176. The zero-order chi connectivity index (χ0) is 23.9. The van der Waals surface area contributed by atoms with Gasteiger partial charge in [-0.3, -0.25) is 0 Å². The average molecular weight is 472 g/mol. The number of carbonyl (C=O) groups is 1. The molecule has 172 valence electrons. The molecule has 3 aromatic rings. The zero-order valence-electron chi connectivity index (χ0n) is 20.4. The zero-order valence-corrected chi connectivity index (χ0v) is 22.1. The third-order valence-electron chi connectivity index (χ3n) is 5.88. The van der Waals surface area contributed by atoms with Crippen LogP contribution in [0.15, 0.2) is 48.5 Å². The third-order valence-corrected chi connectivity index (χ3v) is 10.5. The first-order chi connectivity index (χ1) is 14.7. The van der Waals surface area contributed by atoms with Crippen LogP contribution in [-0.2, 0) is 11.2 Å². The van der Waals surface area contributed by atoms with E-state index in [-0.39, 0.29) is 11.1 Å². The number of nitrogens with zero attached hydrogens (tertiary/aromatic N) is 1. The Kier molecular flexibility index (Phi) is 6.56. The molecular weight excluding hydrogens is 438 g/mol. The van der Waals surface area contributed by atoms with Crippen LogP contribution in [0.1, 0.15) is 52.8 Å². The van der Waals surface area contributed by atoms with Crippen LogP contribution in [0.5, 0.6) is 5.75 Å². The molecule has 0 N–H and O–H groups in total. The van der Waals surface area contributed by atoms with E-state index < -0.39 is 13.9 Å². The summed E-state index contributed by atoms with van der Waals surface area (Å²) >= 11 is 6.19. The summed E-state index contributed by atoms with van der Waals surface area (Å²) in [6.45, 7) is 16.7. The molecule has 0 unspecified atom stereocenters. The molecule has 0 atom stereocenters. The Balaban J connectivity index is 2.07. The monoisotopic (exact) mass is 471 g/mol. The maximum atomic E-state index is 13.1. The molecule has 0 saturated carbocycles. The van der Waals surface area contributed by atoms with Crippen molar-refractivity contribution < 1.29 is 14.0 Å². The van der Waals surface area contributed by atoms with Crippen molar-refractivity contribution in [2.24, 2.45) is 0 Å². The fraction of sp³-hybridized carbons (Fsp3) is 0.423. The number of carbonyl (C=O) groups excluding carboxylic acids is 1. The van der Waals surface area contributed by atoms with E-state index in [4.69, 9.17) is 20.8 Å². The topological polar surface area (TPSA) is 40.5 Å². The second kappa shape index (κ2) is 8.60. The van der Waals surface area contributed by atoms with E-state index in [1.54, 1.807) is 4.57 Å². The van der Waals surface area contributed by atoms with Gasteiger partial charge in [0.1, 0.15) is 11.4 Å². The van der Waals surface area contributed by atoms with E-state index in [2.05, 4.69) is 33.9 Å². The number of aromatic nitrogens is 1. The van der Waals surface area contributed by atoms with Gasteiger partial charge in [-0.2, -0.15) is 0 Å². The molecule has 1 heterocycles. The van der Waals surface area contributed by atoms with Crippen LogP contribution in [0.2, 0.25) is 23.2 Å². The van der Waals surface area contributed by atoms with Crippen molar-refractivity contribution in [3.05, 3.63) is 64.8 Å². The molecule has 2 aromatic carbocycles. The fourth-order valence-corrected chi connectivity index (χ4v) is 4.51. The minimum atomic E-state index is -1.97. The van der Waals surface area contributed by atoms with Crippen LogP contribution in [0.25, 0.3) is 10.9 Å². The molecule has 1 aromatic heterocycles. The second-order valence-electron chi connectivity index (χ2n) is 10.8. The minimum absolute atomic E-state index is 0.0993. The van der Waals surface area contributed by atoms with Gasteiger partial charge in [0.2, 0.25) is 8.32 Å². The van der Waals surface area contributed by atoms with Gasteiger partial charge in [-0.25, -0.2) is 9.36 Å². The van der Waals surface area contributed by atoms with E-state index in [9.17, 15) is 4.79 Å². The molecule has 4 nitrogen and oxygen atoms in total. The maximum absolute atomic E-state index is 13.1. The number of fused-ring (bicyclic) bond motifs is 1. The molecule has 0 aliphatic rings. The van der Waals surface area contributed by atoms with Gasteiger partial charge in [0, 0.05) is 22.5 Å². The quantitative estimate of drug-likeness (QED) is 0.361. The van der Waals surface area contributed by atoms with Crippen molar-refractivity contribution in [2.75, 3.05) is 0 Å². The highest BCUT2D eigenvalue weighted by atomic mass is 35.5. The van der Waals surface area contributed by atoms with Crippen molar-refractivity contribution in [3.63, 3.8) is 0 Å². The lowest BCUT2D eigenvalue weighted by atomic mass is 10.1. The molecule has 0 spiro atoms. The number of ether oxygens (including phenoxy) is 1. The van der Waals surface area contributed by atoms with Crippen LogP contribution < -0.4 is 4.43 Å². The summed E-state index contributed by atoms with van der Waals surface area (Å²) in [4.78, 5) is 13.1. The SMILES string of the molecule is CC(C)(C)OC(=O)n1c(Cc2cccc(Cl)c2)cc2cc(O[Si](C)(C)C(C)(C)C)ccc21.